The normalized spacial score (nSPS) is 16.3. The van der Waals surface area contributed by atoms with E-state index in [1.165, 1.54) is 17.8 Å². The SMILES string of the molecule is O=C1c2sc(-c3ccc(N4CCCCC4)nc3[N+](=O)[O-])nc2CCN1c1cccnc1. The van der Waals surface area contributed by atoms with Crippen molar-refractivity contribution in [2.45, 2.75) is 25.7 Å². The van der Waals surface area contributed by atoms with Crippen molar-refractivity contribution in [2.24, 2.45) is 0 Å². The van der Waals surface area contributed by atoms with Crippen molar-refractivity contribution in [3.05, 3.63) is 57.3 Å². The summed E-state index contributed by atoms with van der Waals surface area (Å²) in [5, 5.41) is 12.2. The van der Waals surface area contributed by atoms with Crippen LogP contribution in [0.5, 0.6) is 0 Å². The molecule has 5 rings (SSSR count). The first-order valence-electron chi connectivity index (χ1n) is 10.2. The van der Waals surface area contributed by atoms with Gasteiger partial charge in [-0.05, 0) is 47.4 Å². The number of hydrogen-bond donors (Lipinski definition) is 0. The molecule has 3 aromatic heterocycles. The van der Waals surface area contributed by atoms with Crippen LogP contribution in [0.1, 0.15) is 34.6 Å². The van der Waals surface area contributed by atoms with Gasteiger partial charge < -0.3 is 19.9 Å². The molecule has 0 unspecified atom stereocenters. The van der Waals surface area contributed by atoms with Crippen molar-refractivity contribution in [3.63, 3.8) is 0 Å². The van der Waals surface area contributed by atoms with E-state index >= 15 is 0 Å². The fraction of sp³-hybridized carbons (Fsp3) is 0.333. The van der Waals surface area contributed by atoms with Crippen molar-refractivity contribution in [1.82, 2.24) is 15.0 Å². The predicted molar refractivity (Wildman–Crippen MR) is 118 cm³/mol. The topological polar surface area (TPSA) is 105 Å². The Morgan fingerprint density at radius 2 is 1.90 bits per heavy atom. The van der Waals surface area contributed by atoms with Gasteiger partial charge in [0.05, 0.1) is 17.6 Å². The minimum atomic E-state index is -0.465. The number of rotatable bonds is 4. The fourth-order valence-electron chi connectivity index (χ4n) is 4.05. The van der Waals surface area contributed by atoms with Crippen molar-refractivity contribution in [3.8, 4) is 10.6 Å². The van der Waals surface area contributed by atoms with Crippen LogP contribution in [-0.2, 0) is 6.42 Å². The highest BCUT2D eigenvalue weighted by Crippen LogP contribution is 2.37. The lowest BCUT2D eigenvalue weighted by molar-refractivity contribution is -0.388. The number of nitrogens with zero attached hydrogens (tertiary/aromatic N) is 6. The maximum Gasteiger partial charge on any atom is 0.376 e. The molecule has 158 valence electrons. The Bertz CT molecular complexity index is 1140. The first kappa shape index (κ1) is 19.6. The van der Waals surface area contributed by atoms with Crippen LogP contribution in [0.4, 0.5) is 17.3 Å². The third-order valence-corrected chi connectivity index (χ3v) is 6.73. The summed E-state index contributed by atoms with van der Waals surface area (Å²) in [4.78, 5) is 41.7. The van der Waals surface area contributed by atoms with Crippen LogP contribution >= 0.6 is 11.3 Å². The Morgan fingerprint density at radius 1 is 1.06 bits per heavy atom. The molecule has 3 aromatic rings. The minimum absolute atomic E-state index is 0.154. The summed E-state index contributed by atoms with van der Waals surface area (Å²) in [6.07, 6.45) is 7.19. The Kier molecular flexibility index (Phi) is 5.06. The molecule has 0 aliphatic carbocycles. The minimum Gasteiger partial charge on any atom is -0.358 e. The average Bonchev–Trinajstić information content (AvgIpc) is 3.25. The lowest BCUT2D eigenvalue weighted by Gasteiger charge is -2.25. The van der Waals surface area contributed by atoms with Crippen LogP contribution in [-0.4, -0.2) is 45.4 Å². The Hall–Kier alpha value is -3.40. The molecule has 2 aliphatic rings. The number of nitro groups is 1. The molecule has 5 heterocycles. The molecular formula is C21H20N6O3S. The third-order valence-electron chi connectivity index (χ3n) is 5.61. The molecule has 0 N–H and O–H groups in total. The van der Waals surface area contributed by atoms with Crippen LogP contribution < -0.4 is 9.80 Å². The van der Waals surface area contributed by atoms with E-state index in [9.17, 15) is 14.9 Å². The highest BCUT2D eigenvalue weighted by molar-refractivity contribution is 7.17. The number of carbonyl (C=O) groups excluding carboxylic acids is 1. The van der Waals surface area contributed by atoms with Gasteiger partial charge >= 0.3 is 5.82 Å². The number of thiazole rings is 1. The molecule has 0 bridgehead atoms. The highest BCUT2D eigenvalue weighted by Gasteiger charge is 2.32. The molecule has 1 fully saturated rings. The van der Waals surface area contributed by atoms with Gasteiger partial charge in [-0.2, -0.15) is 0 Å². The quantitative estimate of drug-likeness (QED) is 0.453. The van der Waals surface area contributed by atoms with Gasteiger partial charge in [0.25, 0.3) is 5.91 Å². The van der Waals surface area contributed by atoms with Crippen molar-refractivity contribution in [2.75, 3.05) is 29.4 Å². The molecule has 10 heteroatoms. The number of amides is 1. The second-order valence-corrected chi connectivity index (χ2v) is 8.56. The van der Waals surface area contributed by atoms with Gasteiger partial charge in [0, 0.05) is 38.3 Å². The number of pyridine rings is 2. The summed E-state index contributed by atoms with van der Waals surface area (Å²) in [6, 6.07) is 7.15. The predicted octanol–water partition coefficient (Wildman–Crippen LogP) is 3.70. The maximum atomic E-state index is 13.1. The van der Waals surface area contributed by atoms with E-state index < -0.39 is 4.92 Å². The molecule has 0 aromatic carbocycles. The summed E-state index contributed by atoms with van der Waals surface area (Å²) >= 11 is 1.19. The molecule has 31 heavy (non-hydrogen) atoms. The number of hydrogen-bond acceptors (Lipinski definition) is 8. The summed E-state index contributed by atoms with van der Waals surface area (Å²) < 4.78 is 0. The van der Waals surface area contributed by atoms with Gasteiger partial charge in [0.2, 0.25) is 5.82 Å². The van der Waals surface area contributed by atoms with E-state index in [1.807, 2.05) is 12.1 Å². The zero-order chi connectivity index (χ0) is 21.4. The van der Waals surface area contributed by atoms with Crippen LogP contribution in [0.15, 0.2) is 36.7 Å². The van der Waals surface area contributed by atoms with Crippen LogP contribution in [0, 0.1) is 10.1 Å². The summed E-state index contributed by atoms with van der Waals surface area (Å²) in [7, 11) is 0. The zero-order valence-corrected chi connectivity index (χ0v) is 17.5. The average molecular weight is 436 g/mol. The maximum absolute atomic E-state index is 13.1. The Balaban J connectivity index is 1.49. The molecule has 0 radical (unpaired) electrons. The van der Waals surface area contributed by atoms with Gasteiger partial charge in [-0.15, -0.1) is 11.3 Å². The van der Waals surface area contributed by atoms with Crippen LogP contribution in [0.25, 0.3) is 10.6 Å². The number of aromatic nitrogens is 3. The standard InChI is InChI=1S/C21H20N6O3S/c28-21-18-16(8-12-26(21)14-5-4-9-22-13-14)23-20(31-18)15-6-7-17(24-19(15)27(29)30)25-10-2-1-3-11-25/h4-7,9,13H,1-3,8,10-12H2. The van der Waals surface area contributed by atoms with Crippen LogP contribution in [0.2, 0.25) is 0 Å². The monoisotopic (exact) mass is 436 g/mol. The summed E-state index contributed by atoms with van der Waals surface area (Å²) in [6.45, 7) is 2.20. The molecule has 0 saturated carbocycles. The van der Waals surface area contributed by atoms with Crippen molar-refractivity contribution < 1.29 is 9.72 Å². The highest BCUT2D eigenvalue weighted by atomic mass is 32.1. The molecule has 0 atom stereocenters. The molecule has 1 amide bonds. The lowest BCUT2D eigenvalue weighted by Crippen LogP contribution is -2.36. The molecule has 9 nitrogen and oxygen atoms in total. The van der Waals surface area contributed by atoms with Crippen molar-refractivity contribution >= 4 is 34.6 Å². The van der Waals surface area contributed by atoms with E-state index in [4.69, 9.17) is 0 Å². The lowest BCUT2D eigenvalue weighted by atomic mass is 10.1. The molecule has 1 saturated heterocycles. The third kappa shape index (κ3) is 3.63. The van der Waals surface area contributed by atoms with E-state index in [1.54, 1.807) is 29.4 Å². The first-order valence-corrected chi connectivity index (χ1v) is 11.1. The number of fused-ring (bicyclic) bond motifs is 1. The van der Waals surface area contributed by atoms with Gasteiger partial charge in [-0.1, -0.05) is 0 Å². The smallest absolute Gasteiger partial charge is 0.358 e. The van der Waals surface area contributed by atoms with Crippen LogP contribution in [0.3, 0.4) is 0 Å². The van der Waals surface area contributed by atoms with Gasteiger partial charge in [-0.3, -0.25) is 9.78 Å². The van der Waals surface area contributed by atoms with Gasteiger partial charge in [0.1, 0.15) is 15.4 Å². The van der Waals surface area contributed by atoms with E-state index in [0.29, 0.717) is 39.9 Å². The second-order valence-electron chi connectivity index (χ2n) is 7.56. The first-order chi connectivity index (χ1) is 15.1. The summed E-state index contributed by atoms with van der Waals surface area (Å²) in [5.41, 5.74) is 1.76. The van der Waals surface area contributed by atoms with E-state index in [0.717, 1.165) is 31.6 Å². The summed E-state index contributed by atoms with van der Waals surface area (Å²) in [5.74, 6) is 0.250. The van der Waals surface area contributed by atoms with Gasteiger partial charge in [-0.25, -0.2) is 4.98 Å². The van der Waals surface area contributed by atoms with E-state index in [-0.39, 0.29) is 11.7 Å². The molecule has 2 aliphatic heterocycles. The largest absolute Gasteiger partial charge is 0.376 e. The van der Waals surface area contributed by atoms with Gasteiger partial charge in [0.15, 0.2) is 0 Å². The fourth-order valence-corrected chi connectivity index (χ4v) is 5.13. The number of piperidine rings is 1. The molecule has 0 spiro atoms. The number of carbonyl (C=O) groups is 1. The Labute approximate surface area is 182 Å². The zero-order valence-electron chi connectivity index (χ0n) is 16.7. The number of anilines is 2. The molecular weight excluding hydrogens is 416 g/mol. The second kappa shape index (κ2) is 8.03. The van der Waals surface area contributed by atoms with Crippen molar-refractivity contribution in [1.29, 1.82) is 0 Å². The Morgan fingerprint density at radius 3 is 2.65 bits per heavy atom. The van der Waals surface area contributed by atoms with E-state index in [2.05, 4.69) is 19.9 Å².